The fourth-order valence-corrected chi connectivity index (χ4v) is 3.49. The van der Waals surface area contributed by atoms with E-state index in [1.807, 2.05) is 0 Å². The van der Waals surface area contributed by atoms with E-state index in [0.29, 0.717) is 5.56 Å². The first-order valence-corrected chi connectivity index (χ1v) is 9.76. The first-order valence-electron chi connectivity index (χ1n) is 9.38. The Bertz CT molecular complexity index is 926. The van der Waals surface area contributed by atoms with Gasteiger partial charge in [-0.3, -0.25) is 5.01 Å². The number of hydrogen-bond donors (Lipinski definition) is 1. The molecular weight excluding hydrogens is 463 g/mol. The highest BCUT2D eigenvalue weighted by atomic mass is 35.5. The predicted molar refractivity (Wildman–Crippen MR) is 104 cm³/mol. The Labute approximate surface area is 185 Å². The van der Waals surface area contributed by atoms with Crippen molar-refractivity contribution in [3.63, 3.8) is 0 Å². The summed E-state index contributed by atoms with van der Waals surface area (Å²) in [5.41, 5.74) is -4.08. The molecule has 1 unspecified atom stereocenters. The van der Waals surface area contributed by atoms with E-state index in [2.05, 4.69) is 0 Å². The number of allylic oxidation sites excluding steroid dienone is 1. The molecule has 1 aromatic rings. The summed E-state index contributed by atoms with van der Waals surface area (Å²) in [5, 5.41) is -4.91. The minimum Gasteiger partial charge on any atom is -0.463 e. The number of rotatable bonds is 7. The number of halogens is 6. The summed E-state index contributed by atoms with van der Waals surface area (Å²) < 4.78 is 80.2. The second-order valence-electron chi connectivity index (χ2n) is 6.57. The van der Waals surface area contributed by atoms with Gasteiger partial charge in [0.25, 0.3) is 0 Å². The van der Waals surface area contributed by atoms with E-state index in [0.717, 1.165) is 0 Å². The summed E-state index contributed by atoms with van der Waals surface area (Å²) in [7, 11) is 0. The second kappa shape index (κ2) is 9.86. The van der Waals surface area contributed by atoms with Crippen LogP contribution in [0.2, 0.25) is 0 Å². The zero-order valence-corrected chi connectivity index (χ0v) is 17.8. The quantitative estimate of drug-likeness (QED) is 0.275. The van der Waals surface area contributed by atoms with Gasteiger partial charge in [-0.05, 0) is 43.0 Å². The average molecular weight is 483 g/mol. The number of hydrogen-bond acceptors (Lipinski definition) is 6. The lowest BCUT2D eigenvalue weighted by atomic mass is 9.84. The molecule has 176 valence electrons. The summed E-state index contributed by atoms with van der Waals surface area (Å²) in [4.78, 5) is 25.3. The van der Waals surface area contributed by atoms with Gasteiger partial charge in [0.05, 0.1) is 24.4 Å². The van der Waals surface area contributed by atoms with Crippen LogP contribution in [-0.2, 0) is 25.5 Å². The van der Waals surface area contributed by atoms with Crippen LogP contribution in [0.25, 0.3) is 0 Å². The number of ether oxygens (including phenoxy) is 2. The number of benzene rings is 1. The molecule has 2 rings (SSSR count). The summed E-state index contributed by atoms with van der Waals surface area (Å²) in [6.07, 6.45) is -5.80. The number of nitrogens with two attached hydrogens (primary N) is 1. The molecule has 1 heterocycles. The van der Waals surface area contributed by atoms with Gasteiger partial charge >= 0.3 is 23.5 Å². The van der Waals surface area contributed by atoms with Crippen LogP contribution >= 0.6 is 11.6 Å². The van der Waals surface area contributed by atoms with Gasteiger partial charge in [-0.2, -0.15) is 22.0 Å². The van der Waals surface area contributed by atoms with Gasteiger partial charge in [0.15, 0.2) is 6.04 Å². The van der Waals surface area contributed by atoms with Crippen molar-refractivity contribution in [2.45, 2.75) is 37.9 Å². The van der Waals surface area contributed by atoms with Crippen LogP contribution in [0, 0.1) is 0 Å². The molecule has 1 aliphatic heterocycles. The molecule has 0 aromatic heterocycles. The van der Waals surface area contributed by atoms with Crippen molar-refractivity contribution in [2.24, 2.45) is 5.84 Å². The normalized spacial score (nSPS) is 17.5. The smallest absolute Gasteiger partial charge is 0.414 e. The van der Waals surface area contributed by atoms with Gasteiger partial charge in [0.1, 0.15) is 5.70 Å². The number of carbonyl (C=O) groups excluding carboxylic acids is 2. The highest BCUT2D eigenvalue weighted by molar-refractivity contribution is 6.24. The van der Waals surface area contributed by atoms with Crippen LogP contribution in [-0.4, -0.2) is 47.8 Å². The van der Waals surface area contributed by atoms with E-state index in [9.17, 15) is 31.5 Å². The third kappa shape index (κ3) is 5.39. The van der Waals surface area contributed by atoms with Gasteiger partial charge in [0, 0.05) is 0 Å². The van der Waals surface area contributed by atoms with Crippen LogP contribution < -0.4 is 5.84 Å². The number of alkyl halides is 6. The van der Waals surface area contributed by atoms with E-state index >= 15 is 0 Å². The van der Waals surface area contributed by atoms with Crippen molar-refractivity contribution >= 4 is 23.5 Å². The van der Waals surface area contributed by atoms with Gasteiger partial charge in [-0.1, -0.05) is 30.3 Å². The SMILES string of the molecule is CCOC(=O)C1=C(C(F)(F)Cl)N(N)C(C(F)(F)F)C(C(=O)OCC)=C1Cc1ccccc1. The third-order valence-electron chi connectivity index (χ3n) is 4.45. The van der Waals surface area contributed by atoms with Gasteiger partial charge in [-0.15, -0.1) is 0 Å². The molecule has 1 aromatic carbocycles. The second-order valence-corrected chi connectivity index (χ2v) is 7.04. The van der Waals surface area contributed by atoms with Crippen LogP contribution in [0.15, 0.2) is 52.7 Å². The zero-order chi connectivity index (χ0) is 24.3. The molecule has 0 spiro atoms. The fraction of sp³-hybridized carbons (Fsp3) is 0.400. The Hall–Kier alpha value is -2.66. The zero-order valence-electron chi connectivity index (χ0n) is 17.0. The maximum absolute atomic E-state index is 14.3. The monoisotopic (exact) mass is 482 g/mol. The van der Waals surface area contributed by atoms with E-state index < -0.39 is 63.4 Å². The predicted octanol–water partition coefficient (Wildman–Crippen LogP) is 3.86. The largest absolute Gasteiger partial charge is 0.463 e. The molecule has 0 bridgehead atoms. The van der Waals surface area contributed by atoms with Crippen molar-refractivity contribution < 1.29 is 41.0 Å². The molecule has 1 atom stereocenters. The first kappa shape index (κ1) is 25.6. The molecular formula is C20H20ClF5N2O4. The van der Waals surface area contributed by atoms with Gasteiger partial charge in [-0.25, -0.2) is 15.4 Å². The van der Waals surface area contributed by atoms with Crippen LogP contribution in [0.5, 0.6) is 0 Å². The average Bonchev–Trinajstić information content (AvgIpc) is 2.67. The Kier molecular flexibility index (Phi) is 7.89. The molecule has 2 N–H and O–H groups in total. The van der Waals surface area contributed by atoms with Gasteiger partial charge in [0.2, 0.25) is 0 Å². The van der Waals surface area contributed by atoms with E-state index in [-0.39, 0.29) is 13.2 Å². The lowest BCUT2D eigenvalue weighted by Gasteiger charge is -2.40. The minimum atomic E-state index is -5.30. The summed E-state index contributed by atoms with van der Waals surface area (Å²) in [6.45, 7) is 2.12. The first-order chi connectivity index (χ1) is 14.8. The number of carbonyl (C=O) groups is 2. The van der Waals surface area contributed by atoms with E-state index in [1.165, 1.54) is 26.0 Å². The standard InChI is InChI=1S/C20H20ClF5N2O4/c1-3-31-17(29)13-12(10-11-8-6-5-7-9-11)14(18(30)32-4-2)16(20(24,25)26)28(27)15(13)19(21,22)23/h5-9,16H,3-4,10,27H2,1-2H3. The molecule has 0 fully saturated rings. The molecule has 0 saturated carbocycles. The van der Waals surface area contributed by atoms with Crippen LogP contribution in [0.4, 0.5) is 22.0 Å². The Balaban J connectivity index is 2.97. The van der Waals surface area contributed by atoms with Crippen LogP contribution in [0.1, 0.15) is 19.4 Å². The lowest BCUT2D eigenvalue weighted by Crippen LogP contribution is -2.57. The van der Waals surface area contributed by atoms with Crippen LogP contribution in [0.3, 0.4) is 0 Å². The maximum Gasteiger partial charge on any atom is 0.414 e. The van der Waals surface area contributed by atoms with Crippen molar-refractivity contribution in [2.75, 3.05) is 13.2 Å². The fourth-order valence-electron chi connectivity index (χ4n) is 3.30. The van der Waals surface area contributed by atoms with Gasteiger partial charge < -0.3 is 9.47 Å². The number of nitrogens with zero attached hydrogens (tertiary/aromatic N) is 1. The molecule has 6 nitrogen and oxygen atoms in total. The molecule has 0 radical (unpaired) electrons. The van der Waals surface area contributed by atoms with E-state index in [1.54, 1.807) is 18.2 Å². The van der Waals surface area contributed by atoms with E-state index in [4.69, 9.17) is 26.9 Å². The Morgan fingerprint density at radius 3 is 2.03 bits per heavy atom. The third-order valence-corrected chi connectivity index (χ3v) is 4.63. The molecule has 0 saturated heterocycles. The highest BCUT2D eigenvalue weighted by Gasteiger charge is 2.57. The summed E-state index contributed by atoms with van der Waals surface area (Å²) >= 11 is 5.09. The summed E-state index contributed by atoms with van der Waals surface area (Å²) in [6, 6.07) is 4.63. The molecule has 0 aliphatic carbocycles. The maximum atomic E-state index is 14.3. The lowest BCUT2D eigenvalue weighted by molar-refractivity contribution is -0.179. The molecule has 1 aliphatic rings. The number of esters is 2. The Morgan fingerprint density at radius 1 is 1.03 bits per heavy atom. The topological polar surface area (TPSA) is 81.9 Å². The Morgan fingerprint density at radius 2 is 1.56 bits per heavy atom. The summed E-state index contributed by atoms with van der Waals surface area (Å²) in [5.74, 6) is 2.57. The minimum absolute atomic E-state index is 0.288. The molecule has 32 heavy (non-hydrogen) atoms. The van der Waals surface area contributed by atoms with Crippen molar-refractivity contribution in [1.82, 2.24) is 5.01 Å². The molecule has 12 heteroatoms. The van der Waals surface area contributed by atoms with Crippen molar-refractivity contribution in [3.8, 4) is 0 Å². The van der Waals surface area contributed by atoms with Crippen molar-refractivity contribution in [1.29, 1.82) is 0 Å². The van der Waals surface area contributed by atoms with Crippen molar-refractivity contribution in [3.05, 3.63) is 58.3 Å². The molecule has 0 amide bonds. The highest BCUT2D eigenvalue weighted by Crippen LogP contribution is 2.46. The number of hydrazine groups is 1.